The molecule has 1 aliphatic rings. The van der Waals surface area contributed by atoms with Gasteiger partial charge < -0.3 is 10.2 Å². The number of nitrogens with one attached hydrogen (secondary N) is 2. The molecule has 0 saturated carbocycles. The number of unbranched alkanes of at least 4 members (excludes halogenated alkanes) is 1. The first kappa shape index (κ1) is 21.8. The summed E-state index contributed by atoms with van der Waals surface area (Å²) in [6.07, 6.45) is 3.12. The fraction of sp³-hybridized carbons (Fsp3) is 0.364. The Kier molecular flexibility index (Phi) is 6.77. The number of nitrogens with zero attached hydrogens (tertiary/aromatic N) is 1. The predicted octanol–water partition coefficient (Wildman–Crippen LogP) is 3.45. The molecule has 0 radical (unpaired) electrons. The molecule has 2 aromatic carbocycles. The van der Waals surface area contributed by atoms with Crippen LogP contribution < -0.4 is 14.9 Å². The molecule has 0 bridgehead atoms. The third kappa shape index (κ3) is 4.81. The third-order valence-electron chi connectivity index (χ3n) is 5.07. The number of hydrogen-bond donors (Lipinski definition) is 2. The molecule has 2 N–H and O–H groups in total. The van der Waals surface area contributed by atoms with E-state index in [4.69, 9.17) is 0 Å². The summed E-state index contributed by atoms with van der Waals surface area (Å²) in [7, 11) is -3.90. The van der Waals surface area contributed by atoms with Crippen LogP contribution in [0.2, 0.25) is 0 Å². The summed E-state index contributed by atoms with van der Waals surface area (Å²) < 4.78 is 28.5. The van der Waals surface area contributed by atoms with Gasteiger partial charge in [-0.25, -0.2) is 8.42 Å². The fourth-order valence-electron chi connectivity index (χ4n) is 3.45. The topological polar surface area (TPSA) is 95.6 Å². The van der Waals surface area contributed by atoms with Crippen molar-refractivity contribution >= 4 is 33.2 Å². The van der Waals surface area contributed by atoms with Crippen LogP contribution in [0, 0.1) is 6.92 Å². The van der Waals surface area contributed by atoms with Gasteiger partial charge in [-0.3, -0.25) is 14.3 Å². The number of rotatable bonds is 8. The van der Waals surface area contributed by atoms with Gasteiger partial charge in [0.1, 0.15) is 0 Å². The van der Waals surface area contributed by atoms with Gasteiger partial charge in [-0.1, -0.05) is 25.5 Å². The number of sulfonamides is 1. The predicted molar refractivity (Wildman–Crippen MR) is 117 cm³/mol. The van der Waals surface area contributed by atoms with Gasteiger partial charge in [0.25, 0.3) is 15.9 Å². The van der Waals surface area contributed by atoms with E-state index < -0.39 is 10.0 Å². The fourth-order valence-corrected chi connectivity index (χ4v) is 4.61. The van der Waals surface area contributed by atoms with Crippen LogP contribution >= 0.6 is 0 Å². The van der Waals surface area contributed by atoms with E-state index in [0.29, 0.717) is 25.1 Å². The second-order valence-corrected chi connectivity index (χ2v) is 9.04. The van der Waals surface area contributed by atoms with Crippen LogP contribution in [0.5, 0.6) is 0 Å². The first-order chi connectivity index (χ1) is 14.3. The molecule has 1 fully saturated rings. The standard InChI is InChI=1S/C22H27N3O4S/c1-3-4-13-23-22(27)18-8-5-6-9-19(18)24-30(28,29)17-11-12-20(16(2)15-17)25-14-7-10-21(25)26/h5-6,8-9,11-12,15,24H,3-4,7,10,13-14H2,1-2H3,(H,23,27). The molecule has 0 atom stereocenters. The molecule has 30 heavy (non-hydrogen) atoms. The number of benzene rings is 2. The highest BCUT2D eigenvalue weighted by molar-refractivity contribution is 7.92. The summed E-state index contributed by atoms with van der Waals surface area (Å²) in [5.74, 6) is -0.268. The smallest absolute Gasteiger partial charge is 0.261 e. The summed E-state index contributed by atoms with van der Waals surface area (Å²) in [6.45, 7) is 4.99. The Balaban J connectivity index is 1.83. The Bertz CT molecular complexity index is 1050. The van der Waals surface area contributed by atoms with E-state index in [2.05, 4.69) is 10.0 Å². The van der Waals surface area contributed by atoms with Gasteiger partial charge in [0, 0.05) is 25.2 Å². The number of carbonyl (C=O) groups excluding carboxylic acids is 2. The van der Waals surface area contributed by atoms with Gasteiger partial charge in [0.15, 0.2) is 0 Å². The van der Waals surface area contributed by atoms with Crippen LogP contribution in [-0.4, -0.2) is 33.3 Å². The number of carbonyl (C=O) groups is 2. The van der Waals surface area contributed by atoms with Crippen molar-refractivity contribution in [2.45, 2.75) is 44.4 Å². The van der Waals surface area contributed by atoms with E-state index in [1.807, 2.05) is 6.92 Å². The van der Waals surface area contributed by atoms with Crippen molar-refractivity contribution in [3.63, 3.8) is 0 Å². The molecule has 1 aliphatic heterocycles. The number of para-hydroxylation sites is 1. The Morgan fingerprint density at radius 1 is 1.17 bits per heavy atom. The third-order valence-corrected chi connectivity index (χ3v) is 6.44. The van der Waals surface area contributed by atoms with Gasteiger partial charge in [-0.05, 0) is 55.7 Å². The van der Waals surface area contributed by atoms with Crippen molar-refractivity contribution in [3.8, 4) is 0 Å². The van der Waals surface area contributed by atoms with E-state index in [9.17, 15) is 18.0 Å². The van der Waals surface area contributed by atoms with E-state index >= 15 is 0 Å². The number of aryl methyl sites for hydroxylation is 1. The Morgan fingerprint density at radius 3 is 2.60 bits per heavy atom. The Hall–Kier alpha value is -2.87. The molecule has 2 amide bonds. The van der Waals surface area contributed by atoms with Gasteiger partial charge in [0.05, 0.1) is 16.1 Å². The zero-order chi connectivity index (χ0) is 21.7. The normalized spacial score (nSPS) is 14.1. The summed E-state index contributed by atoms with van der Waals surface area (Å²) in [4.78, 5) is 26.2. The lowest BCUT2D eigenvalue weighted by Gasteiger charge is -2.19. The molecule has 160 valence electrons. The highest BCUT2D eigenvalue weighted by Gasteiger charge is 2.25. The van der Waals surface area contributed by atoms with E-state index in [1.54, 1.807) is 48.2 Å². The van der Waals surface area contributed by atoms with Crippen LogP contribution in [0.15, 0.2) is 47.4 Å². The molecule has 1 saturated heterocycles. The van der Waals surface area contributed by atoms with Crippen LogP contribution in [0.1, 0.15) is 48.5 Å². The summed E-state index contributed by atoms with van der Waals surface area (Å²) >= 11 is 0. The van der Waals surface area contributed by atoms with Crippen LogP contribution in [0.4, 0.5) is 11.4 Å². The van der Waals surface area contributed by atoms with Crippen molar-refractivity contribution in [1.29, 1.82) is 0 Å². The summed E-state index contributed by atoms with van der Waals surface area (Å²) in [5, 5.41) is 2.81. The molecule has 0 unspecified atom stereocenters. The van der Waals surface area contributed by atoms with Crippen LogP contribution in [0.25, 0.3) is 0 Å². The number of hydrogen-bond acceptors (Lipinski definition) is 4. The lowest BCUT2D eigenvalue weighted by atomic mass is 10.1. The summed E-state index contributed by atoms with van der Waals surface area (Å²) in [6, 6.07) is 11.2. The average molecular weight is 430 g/mol. The minimum Gasteiger partial charge on any atom is -0.352 e. The zero-order valence-corrected chi connectivity index (χ0v) is 18.1. The van der Waals surface area contributed by atoms with Crippen molar-refractivity contribution < 1.29 is 18.0 Å². The molecule has 0 spiro atoms. The van der Waals surface area contributed by atoms with Gasteiger partial charge in [0.2, 0.25) is 5.91 Å². The Labute approximate surface area is 177 Å². The van der Waals surface area contributed by atoms with Crippen molar-refractivity contribution in [2.75, 3.05) is 22.7 Å². The van der Waals surface area contributed by atoms with Crippen molar-refractivity contribution in [3.05, 3.63) is 53.6 Å². The highest BCUT2D eigenvalue weighted by atomic mass is 32.2. The monoisotopic (exact) mass is 429 g/mol. The number of amides is 2. The van der Waals surface area contributed by atoms with E-state index in [1.165, 1.54) is 6.07 Å². The molecular weight excluding hydrogens is 402 g/mol. The average Bonchev–Trinajstić information content (AvgIpc) is 3.13. The minimum atomic E-state index is -3.90. The van der Waals surface area contributed by atoms with Crippen molar-refractivity contribution in [2.24, 2.45) is 0 Å². The first-order valence-corrected chi connectivity index (χ1v) is 11.6. The maximum Gasteiger partial charge on any atom is 0.261 e. The maximum absolute atomic E-state index is 13.0. The quantitative estimate of drug-likeness (QED) is 0.628. The molecule has 0 aliphatic carbocycles. The first-order valence-electron chi connectivity index (χ1n) is 10.1. The Morgan fingerprint density at radius 2 is 1.93 bits per heavy atom. The van der Waals surface area contributed by atoms with E-state index in [-0.39, 0.29) is 28.0 Å². The molecule has 0 aromatic heterocycles. The van der Waals surface area contributed by atoms with Gasteiger partial charge in [-0.2, -0.15) is 0 Å². The molecular formula is C22H27N3O4S. The minimum absolute atomic E-state index is 0.0508. The number of anilines is 2. The second-order valence-electron chi connectivity index (χ2n) is 7.36. The lowest BCUT2D eigenvalue weighted by Crippen LogP contribution is -2.26. The second kappa shape index (κ2) is 9.30. The highest BCUT2D eigenvalue weighted by Crippen LogP contribution is 2.28. The molecule has 8 heteroatoms. The largest absolute Gasteiger partial charge is 0.352 e. The molecule has 3 rings (SSSR count). The van der Waals surface area contributed by atoms with Crippen LogP contribution in [-0.2, 0) is 14.8 Å². The van der Waals surface area contributed by atoms with Crippen LogP contribution in [0.3, 0.4) is 0 Å². The summed E-state index contributed by atoms with van der Waals surface area (Å²) in [5.41, 5.74) is 1.93. The van der Waals surface area contributed by atoms with E-state index in [0.717, 1.165) is 24.9 Å². The molecule has 1 heterocycles. The van der Waals surface area contributed by atoms with Crippen molar-refractivity contribution in [1.82, 2.24) is 5.32 Å². The van der Waals surface area contributed by atoms with Gasteiger partial charge in [-0.15, -0.1) is 0 Å². The lowest BCUT2D eigenvalue weighted by molar-refractivity contribution is -0.117. The molecule has 2 aromatic rings. The SMILES string of the molecule is CCCCNC(=O)c1ccccc1NS(=O)(=O)c1ccc(N2CCCC2=O)c(C)c1. The maximum atomic E-state index is 13.0. The zero-order valence-electron chi connectivity index (χ0n) is 17.3. The van der Waals surface area contributed by atoms with Gasteiger partial charge >= 0.3 is 0 Å². The molecule has 7 nitrogen and oxygen atoms in total.